The number of rotatable bonds is 4. The van der Waals surface area contributed by atoms with Gasteiger partial charge in [0, 0.05) is 6.42 Å². The van der Waals surface area contributed by atoms with E-state index in [2.05, 4.69) is 20.8 Å². The predicted octanol–water partition coefficient (Wildman–Crippen LogP) is 3.45. The number of aliphatic carboxylic acids is 1. The van der Waals surface area contributed by atoms with E-state index in [1.54, 1.807) is 0 Å². The van der Waals surface area contributed by atoms with Crippen molar-refractivity contribution in [3.63, 3.8) is 0 Å². The molecule has 0 aliphatic heterocycles. The predicted molar refractivity (Wildman–Crippen MR) is 110 cm³/mol. The Morgan fingerprint density at radius 1 is 0.931 bits per heavy atom. The summed E-state index contributed by atoms with van der Waals surface area (Å²) in [5.74, 6) is 1.06. The van der Waals surface area contributed by atoms with Gasteiger partial charge in [0.1, 0.15) is 0 Å². The first-order valence-corrected chi connectivity index (χ1v) is 11.9. The van der Waals surface area contributed by atoms with Crippen LogP contribution >= 0.6 is 0 Å². The number of hydrogen-bond donors (Lipinski definition) is 4. The molecule has 0 aromatic rings. The van der Waals surface area contributed by atoms with Gasteiger partial charge in [-0.2, -0.15) is 0 Å². The van der Waals surface area contributed by atoms with Crippen molar-refractivity contribution >= 4 is 5.97 Å². The van der Waals surface area contributed by atoms with Crippen LogP contribution in [0.4, 0.5) is 0 Å². The van der Waals surface area contributed by atoms with Crippen LogP contribution in [0.1, 0.15) is 78.6 Å². The fraction of sp³-hybridized carbons (Fsp3) is 0.958. The third-order valence-electron chi connectivity index (χ3n) is 10.3. The normalized spacial score (nSPS) is 52.9. The molecule has 4 rings (SSSR count). The molecule has 4 aliphatic rings. The van der Waals surface area contributed by atoms with Gasteiger partial charge in [-0.3, -0.25) is 4.79 Å². The molecule has 29 heavy (non-hydrogen) atoms. The fourth-order valence-corrected chi connectivity index (χ4v) is 8.77. The third-order valence-corrected chi connectivity index (χ3v) is 10.3. The summed E-state index contributed by atoms with van der Waals surface area (Å²) in [6.07, 6.45) is 5.87. The van der Waals surface area contributed by atoms with Gasteiger partial charge >= 0.3 is 5.97 Å². The molecule has 4 fully saturated rings. The molecule has 0 unspecified atom stereocenters. The molecular weight excluding hydrogens is 368 g/mol. The highest BCUT2D eigenvalue weighted by Crippen LogP contribution is 2.68. The van der Waals surface area contributed by atoms with Gasteiger partial charge < -0.3 is 20.4 Å². The smallest absolute Gasteiger partial charge is 0.303 e. The minimum Gasteiger partial charge on any atom is -0.481 e. The molecule has 4 N–H and O–H groups in total. The summed E-state index contributed by atoms with van der Waals surface area (Å²) in [6.45, 7) is 6.89. The highest BCUT2D eigenvalue weighted by Gasteiger charge is 2.65. The maximum Gasteiger partial charge on any atom is 0.303 e. The molecule has 5 nitrogen and oxygen atoms in total. The lowest BCUT2D eigenvalue weighted by atomic mass is 9.43. The number of aliphatic hydroxyl groups excluding tert-OH is 3. The topological polar surface area (TPSA) is 98.0 Å². The fourth-order valence-electron chi connectivity index (χ4n) is 8.77. The largest absolute Gasteiger partial charge is 0.481 e. The van der Waals surface area contributed by atoms with Crippen LogP contribution in [0.2, 0.25) is 0 Å². The number of carboxylic acid groups (broad SMARTS) is 1. The van der Waals surface area contributed by atoms with E-state index in [1.807, 2.05) is 0 Å². The van der Waals surface area contributed by atoms with Crippen LogP contribution in [0.5, 0.6) is 0 Å². The minimum atomic E-state index is -0.748. The second-order valence-corrected chi connectivity index (χ2v) is 11.5. The first-order valence-electron chi connectivity index (χ1n) is 11.9. The Hall–Kier alpha value is -0.650. The molecule has 11 atom stereocenters. The number of aliphatic hydroxyl groups is 3. The van der Waals surface area contributed by atoms with Crippen molar-refractivity contribution in [2.24, 2.45) is 46.3 Å². The quantitative estimate of drug-likeness (QED) is 0.571. The first-order chi connectivity index (χ1) is 13.6. The van der Waals surface area contributed by atoms with Crippen LogP contribution < -0.4 is 0 Å². The second-order valence-electron chi connectivity index (χ2n) is 11.5. The molecule has 0 spiro atoms. The van der Waals surface area contributed by atoms with Crippen molar-refractivity contribution in [2.75, 3.05) is 0 Å². The molecule has 0 saturated heterocycles. The van der Waals surface area contributed by atoms with Gasteiger partial charge in [-0.05, 0) is 97.7 Å². The Balaban J connectivity index is 1.59. The Bertz CT molecular complexity index is 637. The molecular formula is C24H40O5. The average Bonchev–Trinajstić information content (AvgIpc) is 3.02. The van der Waals surface area contributed by atoms with Crippen LogP contribution in [0.25, 0.3) is 0 Å². The van der Waals surface area contributed by atoms with Crippen LogP contribution in [0, 0.1) is 46.3 Å². The summed E-state index contributed by atoms with van der Waals surface area (Å²) in [5.41, 5.74) is 0.119. The first kappa shape index (κ1) is 21.6. The van der Waals surface area contributed by atoms with Crippen molar-refractivity contribution in [2.45, 2.75) is 96.9 Å². The molecule has 0 aromatic heterocycles. The highest BCUT2D eigenvalue weighted by molar-refractivity contribution is 5.66. The highest BCUT2D eigenvalue weighted by atomic mass is 16.4. The SMILES string of the molecule is C[C@H](CCC(=O)O)[C@@H]1CC[C@@H]2[C@H]3[C@H](O)[C@H](O)[C@@H]4C[C@H](O)CC[C@]4(C)[C@H]3CC[C@@]21C. The summed E-state index contributed by atoms with van der Waals surface area (Å²) < 4.78 is 0. The van der Waals surface area contributed by atoms with E-state index in [9.17, 15) is 20.1 Å². The van der Waals surface area contributed by atoms with Gasteiger partial charge in [0.2, 0.25) is 0 Å². The van der Waals surface area contributed by atoms with Crippen molar-refractivity contribution < 1.29 is 25.2 Å². The van der Waals surface area contributed by atoms with E-state index in [1.165, 1.54) is 0 Å². The molecule has 0 aromatic carbocycles. The van der Waals surface area contributed by atoms with Gasteiger partial charge in [0.15, 0.2) is 0 Å². The van der Waals surface area contributed by atoms with E-state index < -0.39 is 18.2 Å². The van der Waals surface area contributed by atoms with Crippen molar-refractivity contribution in [1.29, 1.82) is 0 Å². The number of hydrogen-bond acceptors (Lipinski definition) is 4. The summed E-state index contributed by atoms with van der Waals surface area (Å²) in [7, 11) is 0. The van der Waals surface area contributed by atoms with E-state index in [-0.39, 0.29) is 35.2 Å². The lowest BCUT2D eigenvalue weighted by Crippen LogP contribution is -2.64. The number of carboxylic acids is 1. The summed E-state index contributed by atoms with van der Waals surface area (Å²) in [6, 6.07) is 0. The molecule has 166 valence electrons. The molecule has 5 heteroatoms. The van der Waals surface area contributed by atoms with Crippen molar-refractivity contribution in [1.82, 2.24) is 0 Å². The van der Waals surface area contributed by atoms with E-state index in [0.717, 1.165) is 44.9 Å². The molecule has 4 aliphatic carbocycles. The zero-order valence-corrected chi connectivity index (χ0v) is 18.3. The second kappa shape index (κ2) is 7.49. The Labute approximate surface area is 174 Å². The van der Waals surface area contributed by atoms with Gasteiger partial charge in [0.05, 0.1) is 18.3 Å². The lowest BCUT2D eigenvalue weighted by Gasteiger charge is -2.63. The summed E-state index contributed by atoms with van der Waals surface area (Å²) in [4.78, 5) is 11.1. The van der Waals surface area contributed by atoms with Crippen LogP contribution in [-0.2, 0) is 4.79 Å². The average molecular weight is 409 g/mol. The molecule has 4 saturated carbocycles. The lowest BCUT2D eigenvalue weighted by molar-refractivity contribution is -0.223. The summed E-state index contributed by atoms with van der Waals surface area (Å²) >= 11 is 0. The molecule has 0 radical (unpaired) electrons. The van der Waals surface area contributed by atoms with Crippen molar-refractivity contribution in [3.8, 4) is 0 Å². The molecule has 0 amide bonds. The zero-order valence-electron chi connectivity index (χ0n) is 18.3. The summed E-state index contributed by atoms with van der Waals surface area (Å²) in [5, 5.41) is 41.7. The van der Waals surface area contributed by atoms with Gasteiger partial charge in [0.25, 0.3) is 0 Å². The van der Waals surface area contributed by atoms with Gasteiger partial charge in [-0.25, -0.2) is 0 Å². The molecule has 0 heterocycles. The molecule has 0 bridgehead atoms. The Morgan fingerprint density at radius 3 is 2.28 bits per heavy atom. The van der Waals surface area contributed by atoms with Gasteiger partial charge in [-0.15, -0.1) is 0 Å². The van der Waals surface area contributed by atoms with E-state index >= 15 is 0 Å². The third kappa shape index (κ3) is 3.27. The number of fused-ring (bicyclic) bond motifs is 5. The Morgan fingerprint density at radius 2 is 1.59 bits per heavy atom. The standard InChI is InChI=1S/C24H40O5/c1-13(4-7-19(26)27)15-5-6-16-20-17(9-11-23(15,16)2)24(3)10-8-14(25)12-18(24)21(28)22(20)29/h13-18,20-22,25,28-29H,4-12H2,1-3H3,(H,26,27)/t13-,14-,15+,16-,17+,18+,20-,21-,22+,23-,24-/m1/s1. The maximum absolute atomic E-state index is 11.3. The van der Waals surface area contributed by atoms with E-state index in [4.69, 9.17) is 5.11 Å². The van der Waals surface area contributed by atoms with Crippen molar-refractivity contribution in [3.05, 3.63) is 0 Å². The zero-order chi connectivity index (χ0) is 21.1. The number of carbonyl (C=O) groups is 1. The minimum absolute atomic E-state index is 0.00309. The van der Waals surface area contributed by atoms with Crippen LogP contribution in [0.3, 0.4) is 0 Å². The van der Waals surface area contributed by atoms with Gasteiger partial charge in [-0.1, -0.05) is 20.8 Å². The Kier molecular flexibility index (Phi) is 5.57. The monoisotopic (exact) mass is 408 g/mol. The van der Waals surface area contributed by atoms with Crippen LogP contribution in [-0.4, -0.2) is 44.7 Å². The van der Waals surface area contributed by atoms with Crippen LogP contribution in [0.15, 0.2) is 0 Å². The van der Waals surface area contributed by atoms with E-state index in [0.29, 0.717) is 30.1 Å². The maximum atomic E-state index is 11.3.